The lowest BCUT2D eigenvalue weighted by atomic mass is 9.84. The van der Waals surface area contributed by atoms with Crippen LogP contribution in [0, 0.1) is 11.6 Å². The van der Waals surface area contributed by atoms with Crippen LogP contribution in [-0.2, 0) is 18.1 Å². The van der Waals surface area contributed by atoms with Gasteiger partial charge in [0.15, 0.2) is 11.9 Å². The lowest BCUT2D eigenvalue weighted by Gasteiger charge is -2.35. The van der Waals surface area contributed by atoms with Crippen LogP contribution in [0.2, 0.25) is 5.02 Å². The van der Waals surface area contributed by atoms with Crippen molar-refractivity contribution in [2.45, 2.75) is 18.1 Å². The first kappa shape index (κ1) is 20.2. The molecule has 2 aromatic heterocycles. The van der Waals surface area contributed by atoms with Crippen LogP contribution in [0.25, 0.3) is 10.9 Å². The normalized spacial score (nSPS) is 14.1. The standard InChI is InChI=1S/C19H12ClF4N5O/c20-12-2-5-16-11(7-12)1-6-17(27-16)19(23,24)18(30,9-29-26-10-25-28-29)14-8-13(21)3-4-15(14)22/h1-8,10,30H,9H2. The highest BCUT2D eigenvalue weighted by molar-refractivity contribution is 6.31. The minimum absolute atomic E-state index is 0.178. The number of halogens is 5. The molecule has 0 spiro atoms. The third kappa shape index (κ3) is 3.37. The van der Waals surface area contributed by atoms with E-state index in [2.05, 4.69) is 20.4 Å². The number of benzene rings is 2. The van der Waals surface area contributed by atoms with Crippen molar-refractivity contribution in [1.82, 2.24) is 25.2 Å². The first-order chi connectivity index (χ1) is 14.2. The van der Waals surface area contributed by atoms with Crippen molar-refractivity contribution in [3.8, 4) is 0 Å². The second-order valence-corrected chi connectivity index (χ2v) is 7.00. The van der Waals surface area contributed by atoms with E-state index in [9.17, 15) is 13.9 Å². The van der Waals surface area contributed by atoms with E-state index in [1.807, 2.05) is 0 Å². The number of alkyl halides is 2. The zero-order valence-electron chi connectivity index (χ0n) is 15.0. The molecule has 1 unspecified atom stereocenters. The molecule has 0 saturated heterocycles. The predicted molar refractivity (Wildman–Crippen MR) is 98.7 cm³/mol. The third-order valence-electron chi connectivity index (χ3n) is 4.63. The van der Waals surface area contributed by atoms with Gasteiger partial charge in [0.2, 0.25) is 0 Å². The van der Waals surface area contributed by atoms with E-state index >= 15 is 8.78 Å². The van der Waals surface area contributed by atoms with Gasteiger partial charge in [0, 0.05) is 16.0 Å². The van der Waals surface area contributed by atoms with Gasteiger partial charge in [0.05, 0.1) is 5.52 Å². The fourth-order valence-electron chi connectivity index (χ4n) is 3.12. The molecule has 0 fully saturated rings. The highest BCUT2D eigenvalue weighted by Crippen LogP contribution is 2.47. The largest absolute Gasteiger partial charge is 0.377 e. The number of aliphatic hydroxyl groups is 1. The Labute approximate surface area is 171 Å². The van der Waals surface area contributed by atoms with E-state index in [0.29, 0.717) is 27.3 Å². The predicted octanol–water partition coefficient (Wildman–Crippen LogP) is 3.83. The Bertz CT molecular complexity index is 1220. The van der Waals surface area contributed by atoms with E-state index in [-0.39, 0.29) is 5.52 Å². The molecule has 0 aliphatic heterocycles. The average Bonchev–Trinajstić information content (AvgIpc) is 3.22. The Balaban J connectivity index is 1.90. The van der Waals surface area contributed by atoms with Crippen LogP contribution >= 0.6 is 11.6 Å². The number of hydrogen-bond donors (Lipinski definition) is 1. The van der Waals surface area contributed by atoms with Crippen molar-refractivity contribution in [3.05, 3.63) is 82.8 Å². The maximum absolute atomic E-state index is 15.7. The third-order valence-corrected chi connectivity index (χ3v) is 4.86. The number of tetrazole rings is 1. The van der Waals surface area contributed by atoms with Crippen molar-refractivity contribution < 1.29 is 22.7 Å². The van der Waals surface area contributed by atoms with E-state index in [1.165, 1.54) is 24.3 Å². The quantitative estimate of drug-likeness (QED) is 0.480. The Hall–Kier alpha value is -3.11. The van der Waals surface area contributed by atoms with Crippen molar-refractivity contribution in [2.75, 3.05) is 0 Å². The average molecular weight is 438 g/mol. The van der Waals surface area contributed by atoms with Crippen molar-refractivity contribution >= 4 is 22.5 Å². The number of aromatic nitrogens is 5. The zero-order valence-corrected chi connectivity index (χ0v) is 15.7. The zero-order chi connectivity index (χ0) is 21.5. The summed E-state index contributed by atoms with van der Waals surface area (Å²) in [6.07, 6.45) is 0.957. The molecule has 1 N–H and O–H groups in total. The van der Waals surface area contributed by atoms with Gasteiger partial charge in [-0.15, -0.1) is 10.2 Å². The van der Waals surface area contributed by atoms with Gasteiger partial charge in [-0.25, -0.2) is 13.8 Å². The Morgan fingerprint density at radius 1 is 1.03 bits per heavy atom. The minimum Gasteiger partial charge on any atom is -0.377 e. The molecule has 154 valence electrons. The fourth-order valence-corrected chi connectivity index (χ4v) is 3.30. The smallest absolute Gasteiger partial charge is 0.323 e. The number of nitrogens with zero attached hydrogens (tertiary/aromatic N) is 5. The first-order valence-electron chi connectivity index (χ1n) is 8.54. The molecule has 0 amide bonds. The molecule has 0 aliphatic carbocycles. The molecular weight excluding hydrogens is 426 g/mol. The van der Waals surface area contributed by atoms with Crippen molar-refractivity contribution in [3.63, 3.8) is 0 Å². The van der Waals surface area contributed by atoms with Crippen LogP contribution in [-0.4, -0.2) is 30.3 Å². The molecule has 1 atom stereocenters. The molecule has 11 heteroatoms. The molecule has 2 aromatic carbocycles. The van der Waals surface area contributed by atoms with Gasteiger partial charge in [0.1, 0.15) is 23.9 Å². The topological polar surface area (TPSA) is 76.7 Å². The SMILES string of the molecule is OC(Cn1ncnn1)(c1cc(F)ccc1F)C(F)(F)c1ccc2cc(Cl)ccc2n1. The van der Waals surface area contributed by atoms with Crippen LogP contribution in [0.15, 0.2) is 54.9 Å². The van der Waals surface area contributed by atoms with E-state index < -0.39 is 41.0 Å². The molecule has 0 radical (unpaired) electrons. The second kappa shape index (κ2) is 7.29. The summed E-state index contributed by atoms with van der Waals surface area (Å²) in [6, 6.07) is 8.65. The monoisotopic (exact) mass is 437 g/mol. The lowest BCUT2D eigenvalue weighted by molar-refractivity contribution is -0.209. The summed E-state index contributed by atoms with van der Waals surface area (Å²) in [7, 11) is 0. The number of fused-ring (bicyclic) bond motifs is 1. The van der Waals surface area contributed by atoms with E-state index in [1.54, 1.807) is 0 Å². The molecule has 4 aromatic rings. The molecule has 2 heterocycles. The molecule has 4 rings (SSSR count). The summed E-state index contributed by atoms with van der Waals surface area (Å²) < 4.78 is 59.6. The maximum Gasteiger partial charge on any atom is 0.323 e. The van der Waals surface area contributed by atoms with Gasteiger partial charge in [-0.3, -0.25) is 0 Å². The summed E-state index contributed by atoms with van der Waals surface area (Å²) >= 11 is 5.90. The van der Waals surface area contributed by atoms with Crippen LogP contribution in [0.4, 0.5) is 17.6 Å². The lowest BCUT2D eigenvalue weighted by Crippen LogP contribution is -2.48. The summed E-state index contributed by atoms with van der Waals surface area (Å²) in [6.45, 7) is -1.01. The maximum atomic E-state index is 15.7. The summed E-state index contributed by atoms with van der Waals surface area (Å²) in [5.41, 5.74) is -4.93. The van der Waals surface area contributed by atoms with Crippen LogP contribution in [0.3, 0.4) is 0 Å². The van der Waals surface area contributed by atoms with Gasteiger partial charge in [0.25, 0.3) is 0 Å². The molecule has 0 saturated carbocycles. The molecule has 0 aliphatic rings. The summed E-state index contributed by atoms with van der Waals surface area (Å²) in [5.74, 6) is -6.41. The molecule has 6 nitrogen and oxygen atoms in total. The Kier molecular flexibility index (Phi) is 4.91. The van der Waals surface area contributed by atoms with Gasteiger partial charge in [-0.2, -0.15) is 13.6 Å². The fraction of sp³-hybridized carbons (Fsp3) is 0.158. The molecular formula is C19H12ClF4N5O. The Morgan fingerprint density at radius 3 is 2.57 bits per heavy atom. The Morgan fingerprint density at radius 2 is 1.83 bits per heavy atom. The highest BCUT2D eigenvalue weighted by Gasteiger charge is 2.58. The van der Waals surface area contributed by atoms with Crippen LogP contribution in [0.1, 0.15) is 11.3 Å². The van der Waals surface area contributed by atoms with Crippen molar-refractivity contribution in [2.24, 2.45) is 0 Å². The minimum atomic E-state index is -4.18. The summed E-state index contributed by atoms with van der Waals surface area (Å²) in [5, 5.41) is 22.4. The number of pyridine rings is 1. The van der Waals surface area contributed by atoms with Gasteiger partial charge in [-0.1, -0.05) is 17.7 Å². The number of hydrogen-bond acceptors (Lipinski definition) is 5. The highest BCUT2D eigenvalue weighted by atomic mass is 35.5. The molecule has 0 bridgehead atoms. The van der Waals surface area contributed by atoms with Crippen molar-refractivity contribution in [1.29, 1.82) is 0 Å². The van der Waals surface area contributed by atoms with Crippen LogP contribution in [0.5, 0.6) is 0 Å². The van der Waals surface area contributed by atoms with E-state index in [4.69, 9.17) is 11.6 Å². The summed E-state index contributed by atoms with van der Waals surface area (Å²) in [4.78, 5) is 4.56. The second-order valence-electron chi connectivity index (χ2n) is 6.56. The van der Waals surface area contributed by atoms with Gasteiger partial charge in [-0.05, 0) is 47.7 Å². The van der Waals surface area contributed by atoms with Gasteiger partial charge < -0.3 is 5.11 Å². The first-order valence-corrected chi connectivity index (χ1v) is 8.92. The number of rotatable bonds is 5. The van der Waals surface area contributed by atoms with E-state index in [0.717, 1.165) is 18.5 Å². The molecule has 30 heavy (non-hydrogen) atoms. The van der Waals surface area contributed by atoms with Crippen LogP contribution < -0.4 is 0 Å². The van der Waals surface area contributed by atoms with Gasteiger partial charge >= 0.3 is 5.92 Å².